The Labute approximate surface area is 114 Å². The quantitative estimate of drug-likeness (QED) is 0.872. The molecule has 0 unspecified atom stereocenters. The summed E-state index contributed by atoms with van der Waals surface area (Å²) in [7, 11) is 1.37. The molecule has 2 rings (SSSR count). The molecule has 18 heavy (non-hydrogen) atoms. The van der Waals surface area contributed by atoms with Crippen molar-refractivity contribution in [3.8, 4) is 9.75 Å². The molecule has 0 spiro atoms. The molecule has 0 aromatic carbocycles. The second kappa shape index (κ2) is 5.12. The maximum atomic E-state index is 11.6. The summed E-state index contributed by atoms with van der Waals surface area (Å²) in [5.41, 5.74) is 8.79. The molecule has 2 heterocycles. The summed E-state index contributed by atoms with van der Waals surface area (Å²) in [5, 5.41) is 2.07. The van der Waals surface area contributed by atoms with Gasteiger partial charge in [0, 0.05) is 4.88 Å². The molecule has 0 saturated carbocycles. The lowest BCUT2D eigenvalue weighted by atomic mass is 10.1. The van der Waals surface area contributed by atoms with E-state index in [1.54, 1.807) is 11.3 Å². The Morgan fingerprint density at radius 2 is 2.17 bits per heavy atom. The van der Waals surface area contributed by atoms with Crippen LogP contribution in [0.4, 0.5) is 5.69 Å². The van der Waals surface area contributed by atoms with E-state index in [2.05, 4.69) is 18.4 Å². The van der Waals surface area contributed by atoms with Crippen LogP contribution in [0.25, 0.3) is 9.75 Å². The number of esters is 1. The first-order valence-corrected chi connectivity index (χ1v) is 7.33. The molecule has 0 saturated heterocycles. The van der Waals surface area contributed by atoms with Crippen molar-refractivity contribution in [2.75, 3.05) is 12.8 Å². The van der Waals surface area contributed by atoms with Crippen LogP contribution in [0.5, 0.6) is 0 Å². The molecular weight excluding hydrogens is 266 g/mol. The molecule has 96 valence electrons. The zero-order valence-corrected chi connectivity index (χ0v) is 12.2. The second-order valence-electron chi connectivity index (χ2n) is 3.92. The molecule has 0 amide bonds. The molecule has 0 bridgehead atoms. The van der Waals surface area contributed by atoms with Gasteiger partial charge in [0.1, 0.15) is 4.88 Å². The molecule has 2 aromatic rings. The van der Waals surface area contributed by atoms with Gasteiger partial charge in [-0.1, -0.05) is 6.92 Å². The fraction of sp³-hybridized carbons (Fsp3) is 0.308. The van der Waals surface area contributed by atoms with E-state index < -0.39 is 0 Å². The number of ether oxygens (including phenoxy) is 1. The van der Waals surface area contributed by atoms with Crippen LogP contribution in [-0.2, 0) is 11.2 Å². The number of methoxy groups -OCH3 is 1. The number of carbonyl (C=O) groups is 1. The normalized spacial score (nSPS) is 10.6. The predicted molar refractivity (Wildman–Crippen MR) is 77.5 cm³/mol. The molecule has 2 aromatic heterocycles. The molecule has 5 heteroatoms. The third-order valence-corrected chi connectivity index (χ3v) is 5.31. The van der Waals surface area contributed by atoms with Crippen molar-refractivity contribution in [2.45, 2.75) is 20.3 Å². The van der Waals surface area contributed by atoms with Gasteiger partial charge in [-0.15, -0.1) is 22.7 Å². The standard InChI is InChI=1S/C13H15NO2S2/c1-4-8-5-6-17-11(8)10-7(2)9(14)12(18-10)13(15)16-3/h5-6H,4,14H2,1-3H3. The van der Waals surface area contributed by atoms with E-state index in [1.165, 1.54) is 28.9 Å². The van der Waals surface area contributed by atoms with Crippen molar-refractivity contribution in [1.29, 1.82) is 0 Å². The van der Waals surface area contributed by atoms with Gasteiger partial charge in [-0.3, -0.25) is 0 Å². The molecule has 0 aliphatic rings. The van der Waals surface area contributed by atoms with Crippen LogP contribution in [0.3, 0.4) is 0 Å². The summed E-state index contributed by atoms with van der Waals surface area (Å²) < 4.78 is 4.75. The van der Waals surface area contributed by atoms with E-state index in [4.69, 9.17) is 10.5 Å². The van der Waals surface area contributed by atoms with Gasteiger partial charge in [0.2, 0.25) is 0 Å². The maximum Gasteiger partial charge on any atom is 0.350 e. The van der Waals surface area contributed by atoms with Crippen LogP contribution in [0.1, 0.15) is 27.7 Å². The average molecular weight is 281 g/mol. The molecule has 0 radical (unpaired) electrons. The van der Waals surface area contributed by atoms with Gasteiger partial charge in [0.25, 0.3) is 0 Å². The van der Waals surface area contributed by atoms with Crippen molar-refractivity contribution in [1.82, 2.24) is 0 Å². The van der Waals surface area contributed by atoms with E-state index >= 15 is 0 Å². The molecule has 0 aliphatic heterocycles. The Morgan fingerprint density at radius 1 is 1.44 bits per heavy atom. The van der Waals surface area contributed by atoms with E-state index in [1.807, 2.05) is 6.92 Å². The predicted octanol–water partition coefficient (Wildman–Crippen LogP) is 3.72. The number of anilines is 1. The maximum absolute atomic E-state index is 11.6. The summed E-state index contributed by atoms with van der Waals surface area (Å²) in [6.07, 6.45) is 0.976. The minimum Gasteiger partial charge on any atom is -0.465 e. The number of nitrogens with two attached hydrogens (primary N) is 1. The minimum absolute atomic E-state index is 0.360. The zero-order valence-electron chi connectivity index (χ0n) is 10.6. The highest BCUT2D eigenvalue weighted by Crippen LogP contribution is 2.42. The van der Waals surface area contributed by atoms with Crippen LogP contribution in [0.15, 0.2) is 11.4 Å². The minimum atomic E-state index is -0.360. The lowest BCUT2D eigenvalue weighted by Crippen LogP contribution is -2.01. The fourth-order valence-corrected chi connectivity index (χ4v) is 4.18. The molecule has 0 aliphatic carbocycles. The zero-order chi connectivity index (χ0) is 13.3. The molecule has 3 nitrogen and oxygen atoms in total. The van der Waals surface area contributed by atoms with Crippen molar-refractivity contribution in [3.63, 3.8) is 0 Å². The highest BCUT2D eigenvalue weighted by molar-refractivity contribution is 7.23. The number of thiophene rings is 2. The summed E-state index contributed by atoms with van der Waals surface area (Å²) in [6.45, 7) is 4.08. The fourth-order valence-electron chi connectivity index (χ4n) is 1.80. The smallest absolute Gasteiger partial charge is 0.350 e. The van der Waals surface area contributed by atoms with Gasteiger partial charge < -0.3 is 10.5 Å². The SMILES string of the molecule is CCc1ccsc1-c1sc(C(=O)OC)c(N)c1C. The topological polar surface area (TPSA) is 52.3 Å². The Balaban J connectivity index is 2.56. The molecular formula is C13H15NO2S2. The van der Waals surface area contributed by atoms with Gasteiger partial charge in [0.15, 0.2) is 0 Å². The van der Waals surface area contributed by atoms with Crippen LogP contribution in [-0.4, -0.2) is 13.1 Å². The summed E-state index contributed by atoms with van der Waals surface area (Å²) in [5.74, 6) is -0.360. The van der Waals surface area contributed by atoms with Crippen LogP contribution < -0.4 is 5.73 Å². The molecule has 0 atom stereocenters. The number of nitrogen functional groups attached to an aromatic ring is 1. The largest absolute Gasteiger partial charge is 0.465 e. The van der Waals surface area contributed by atoms with Crippen molar-refractivity contribution in [3.05, 3.63) is 27.5 Å². The van der Waals surface area contributed by atoms with Crippen molar-refractivity contribution in [2.24, 2.45) is 0 Å². The number of rotatable bonds is 3. The second-order valence-corrected chi connectivity index (χ2v) is 5.86. The molecule has 0 fully saturated rings. The number of hydrogen-bond donors (Lipinski definition) is 1. The molecule has 2 N–H and O–H groups in total. The Kier molecular flexibility index (Phi) is 3.73. The van der Waals surface area contributed by atoms with E-state index in [0.717, 1.165) is 16.9 Å². The first kappa shape index (κ1) is 13.1. The highest BCUT2D eigenvalue weighted by Gasteiger charge is 2.21. The van der Waals surface area contributed by atoms with Crippen molar-refractivity contribution >= 4 is 34.3 Å². The first-order chi connectivity index (χ1) is 8.60. The van der Waals surface area contributed by atoms with Gasteiger partial charge in [-0.2, -0.15) is 0 Å². The highest BCUT2D eigenvalue weighted by atomic mass is 32.1. The van der Waals surface area contributed by atoms with Gasteiger partial charge in [0.05, 0.1) is 17.7 Å². The number of carbonyl (C=O) groups excluding carboxylic acids is 1. The van der Waals surface area contributed by atoms with Gasteiger partial charge in [-0.05, 0) is 35.9 Å². The lowest BCUT2D eigenvalue weighted by molar-refractivity contribution is 0.0607. The third kappa shape index (κ3) is 2.04. The van der Waals surface area contributed by atoms with Crippen LogP contribution in [0, 0.1) is 6.92 Å². The summed E-state index contributed by atoms with van der Waals surface area (Å²) in [6, 6.07) is 2.12. The van der Waals surface area contributed by atoms with Crippen LogP contribution >= 0.6 is 22.7 Å². The van der Waals surface area contributed by atoms with Gasteiger partial charge in [-0.25, -0.2) is 4.79 Å². The Bertz CT molecular complexity index is 584. The third-order valence-electron chi connectivity index (χ3n) is 2.90. The Morgan fingerprint density at radius 3 is 2.78 bits per heavy atom. The average Bonchev–Trinajstić information content (AvgIpc) is 2.95. The number of aryl methyl sites for hydroxylation is 1. The summed E-state index contributed by atoms with van der Waals surface area (Å²) >= 11 is 3.10. The van der Waals surface area contributed by atoms with E-state index in [-0.39, 0.29) is 5.97 Å². The van der Waals surface area contributed by atoms with Crippen LogP contribution in [0.2, 0.25) is 0 Å². The van der Waals surface area contributed by atoms with E-state index in [0.29, 0.717) is 10.6 Å². The Hall–Kier alpha value is -1.33. The first-order valence-electron chi connectivity index (χ1n) is 5.64. The number of hydrogen-bond acceptors (Lipinski definition) is 5. The van der Waals surface area contributed by atoms with Gasteiger partial charge >= 0.3 is 5.97 Å². The lowest BCUT2D eigenvalue weighted by Gasteiger charge is -2.00. The van der Waals surface area contributed by atoms with Crippen molar-refractivity contribution < 1.29 is 9.53 Å². The summed E-state index contributed by atoms with van der Waals surface area (Å²) in [4.78, 5) is 14.4. The monoisotopic (exact) mass is 281 g/mol. The van der Waals surface area contributed by atoms with E-state index in [9.17, 15) is 4.79 Å².